The molecule has 16 aliphatic carbocycles. The van der Waals surface area contributed by atoms with Crippen LogP contribution in [-0.4, -0.2) is 101 Å². The number of nitrogens with zero attached hydrogens (tertiary/aromatic N) is 8. The van der Waals surface area contributed by atoms with Crippen LogP contribution in [0.1, 0.15) is 267 Å². The third-order valence-electron chi connectivity index (χ3n) is 33.7. The van der Waals surface area contributed by atoms with Gasteiger partial charge in [-0.2, -0.15) is 20.4 Å². The number of benzene rings is 2. The maximum absolute atomic E-state index is 13.5. The van der Waals surface area contributed by atoms with E-state index in [1.54, 1.807) is 50.8 Å². The highest BCUT2D eigenvalue weighted by molar-refractivity contribution is 9.11. The Morgan fingerprint density at radius 1 is 0.431 bits per heavy atom. The zero-order chi connectivity index (χ0) is 90.9. The molecule has 16 aliphatic rings. The highest BCUT2D eigenvalue weighted by atomic mass is 79.9. The number of fused-ring (bicyclic) bond motifs is 20. The van der Waals surface area contributed by atoms with Crippen molar-refractivity contribution >= 4 is 170 Å². The summed E-state index contributed by atoms with van der Waals surface area (Å²) in [4.78, 5) is 58.3. The zero-order valence-electron chi connectivity index (χ0n) is 76.0. The quantitative estimate of drug-likeness (QED) is 0.0321. The van der Waals surface area contributed by atoms with E-state index in [1.165, 1.54) is 131 Å². The first-order chi connectivity index (χ1) is 62.3. The van der Waals surface area contributed by atoms with Crippen molar-refractivity contribution in [2.75, 3.05) is 37.9 Å². The molecule has 12 fully saturated rings. The van der Waals surface area contributed by atoms with Crippen LogP contribution in [0, 0.1) is 99.6 Å². The van der Waals surface area contributed by atoms with Crippen LogP contribution in [0.25, 0.3) is 49.3 Å². The minimum absolute atomic E-state index is 0.00256. The van der Waals surface area contributed by atoms with Gasteiger partial charge in [-0.05, 0) is 319 Å². The number of alkyl halides is 2. The number of nitrogens with one attached hydrogen (secondary N) is 4. The SMILES string of the molecule is CC1(C)C2CCC(CNC(=O)c3nn(-c4ccc(Cl)cc4Cl)c4c3CCc3cc(Cl)sc3-4)C1C2.CC1(C)C2CCC(CNC(=O)c3nn(CCCCCCl)c4c3Cc3sc(Br)cc3-4)C1C2.CC1(C)C2CCC(CNC(=O)c3nn(CCCCCCl)c4c3Cc3sc(Cl)cc3-4)C1C2.Cc1ccc(Cn2nc(C(=O)NCC3CCC4CC3C4(C)C)c3c2-c2sc(Br)cc2CC3)cc1. The molecule has 8 heterocycles. The molecule has 0 saturated heterocycles. The van der Waals surface area contributed by atoms with Crippen molar-refractivity contribution in [1.29, 1.82) is 0 Å². The van der Waals surface area contributed by atoms with E-state index in [2.05, 4.69) is 161 Å². The minimum atomic E-state index is -0.106. The second-order valence-electron chi connectivity index (χ2n) is 41.9. The average molecular weight is 2080 g/mol. The molecule has 0 aliphatic heterocycles. The molecule has 0 spiro atoms. The molecule has 16 nitrogen and oxygen atoms in total. The third-order valence-corrected chi connectivity index (χ3v) is 40.7. The summed E-state index contributed by atoms with van der Waals surface area (Å²) in [5, 5.41) is 33.5. The predicted molar refractivity (Wildman–Crippen MR) is 541 cm³/mol. The van der Waals surface area contributed by atoms with Gasteiger partial charge in [0.15, 0.2) is 22.8 Å². The van der Waals surface area contributed by atoms with Crippen LogP contribution in [0.5, 0.6) is 0 Å². The molecule has 12 atom stereocenters. The zero-order valence-corrected chi connectivity index (χ0v) is 87.0. The summed E-state index contributed by atoms with van der Waals surface area (Å²) in [6.07, 6.45) is 26.6. The van der Waals surface area contributed by atoms with Gasteiger partial charge in [-0.3, -0.25) is 33.2 Å². The molecule has 130 heavy (non-hydrogen) atoms. The molecule has 4 N–H and O–H groups in total. The van der Waals surface area contributed by atoms with Crippen molar-refractivity contribution in [2.24, 2.45) is 92.7 Å². The van der Waals surface area contributed by atoms with Gasteiger partial charge in [0.25, 0.3) is 23.6 Å². The molecule has 10 aromatic rings. The normalized spacial score (nSPS) is 24.6. The molecule has 2 aromatic carbocycles. The number of amides is 4. The van der Waals surface area contributed by atoms with E-state index in [9.17, 15) is 19.2 Å². The van der Waals surface area contributed by atoms with Crippen molar-refractivity contribution < 1.29 is 19.2 Å². The number of carbonyl (C=O) groups is 4. The Morgan fingerprint density at radius 2 is 0.846 bits per heavy atom. The lowest BCUT2D eigenvalue weighted by molar-refractivity contribution is -0.103. The largest absolute Gasteiger partial charge is 0.350 e. The number of aryl methyl sites for hydroxylation is 5. The number of carbonyl (C=O) groups excluding carboxylic acids is 4. The van der Waals surface area contributed by atoms with Crippen molar-refractivity contribution in [3.05, 3.63) is 170 Å². The molecule has 12 unspecified atom stereocenters. The molecule has 4 amide bonds. The van der Waals surface area contributed by atoms with Gasteiger partial charge in [-0.1, -0.05) is 144 Å². The molecule has 28 heteroatoms. The highest BCUT2D eigenvalue weighted by Crippen LogP contribution is 2.65. The maximum Gasteiger partial charge on any atom is 0.272 e. The molecule has 692 valence electrons. The van der Waals surface area contributed by atoms with Gasteiger partial charge in [0, 0.05) is 112 Å². The first-order valence-electron chi connectivity index (χ1n) is 47.7. The molecule has 0 radical (unpaired) electrons. The number of aromatic nitrogens is 8. The van der Waals surface area contributed by atoms with E-state index in [-0.39, 0.29) is 23.6 Å². The van der Waals surface area contributed by atoms with Gasteiger partial charge in [-0.15, -0.1) is 68.5 Å². The fourth-order valence-electron chi connectivity index (χ4n) is 25.7. The Hall–Kier alpha value is -5.34. The fraction of sp³-hybridized carbons (Fsp3) is 0.569. The molecule has 12 saturated carbocycles. The van der Waals surface area contributed by atoms with E-state index in [4.69, 9.17) is 90.0 Å². The standard InChI is InChI=1S/C28H32BrN3OS.C26H26Cl3N3OS.C24H31BrClN3OS.C24H31Cl2N3OS/c1-16-4-6-17(7-5-16)15-32-25-21(11-9-18-12-23(29)34-26(18)25)24(31-32)27(33)30-14-19-8-10-20-13-22(19)28(20,2)3;1-26(2)15-5-3-14(18(26)10-15)12-30-25(33)22-17-7-4-13-9-21(29)34-24(13)23(17)32(31-22)20-8-6-16(27)11-19(20)28;1-24(2)15-7-6-14(18(24)10-15)13-27-23(30)21-17-11-19-16(12-20(25)31-19)22(17)29(28-21)9-5-3-4-8-26;1-24(2)15-7-6-14(18(24)10-15)13-27-23(30)21-17-11-19-16(12-20(26)31-19)22(17)29(28-21)9-5-3-4-8-25/h4-7,12,19-20,22H,8-11,13-15H2,1-3H3,(H,30,33);6,8-9,11,14-15,18H,3-5,7,10,12H2,1-2H3,(H,30,33);2*12,14-15,18H,3-11,13H2,1-2H3,(H,27,30). The topological polar surface area (TPSA) is 188 Å². The summed E-state index contributed by atoms with van der Waals surface area (Å²) >= 11 is 51.0. The van der Waals surface area contributed by atoms with E-state index in [0.29, 0.717) is 115 Å². The maximum atomic E-state index is 13.5. The smallest absolute Gasteiger partial charge is 0.272 e. The summed E-state index contributed by atoms with van der Waals surface area (Å²) in [6, 6.07) is 22.4. The van der Waals surface area contributed by atoms with Crippen molar-refractivity contribution in [3.63, 3.8) is 0 Å². The van der Waals surface area contributed by atoms with Crippen LogP contribution in [0.4, 0.5) is 0 Å². The van der Waals surface area contributed by atoms with E-state index >= 15 is 0 Å². The lowest BCUT2D eigenvalue weighted by atomic mass is 9.45. The molecular weight excluding hydrogens is 1960 g/mol. The summed E-state index contributed by atoms with van der Waals surface area (Å²) in [6.45, 7) is 26.7. The average Bonchev–Trinajstić information content (AvgIpc) is 1.25. The van der Waals surface area contributed by atoms with Crippen LogP contribution in [-0.2, 0) is 58.2 Å². The van der Waals surface area contributed by atoms with Crippen LogP contribution >= 0.6 is 147 Å². The molecule has 8 aromatic heterocycles. The summed E-state index contributed by atoms with van der Waals surface area (Å²) in [5.74, 6) is 10.0. The summed E-state index contributed by atoms with van der Waals surface area (Å²) < 4.78 is 11.8. The summed E-state index contributed by atoms with van der Waals surface area (Å²) in [5.41, 5.74) is 20.7. The third kappa shape index (κ3) is 17.8. The fourth-order valence-corrected chi connectivity index (χ4v) is 32.7. The number of hydrogen-bond donors (Lipinski definition) is 4. The van der Waals surface area contributed by atoms with Crippen molar-refractivity contribution in [3.8, 4) is 49.3 Å². The lowest BCUT2D eigenvalue weighted by Gasteiger charge is -2.60. The van der Waals surface area contributed by atoms with Crippen LogP contribution in [0.2, 0.25) is 18.7 Å². The lowest BCUT2D eigenvalue weighted by Crippen LogP contribution is -2.54. The highest BCUT2D eigenvalue weighted by Gasteiger charge is 2.58. The predicted octanol–water partition coefficient (Wildman–Crippen LogP) is 27.0. The minimum Gasteiger partial charge on any atom is -0.350 e. The van der Waals surface area contributed by atoms with Gasteiger partial charge in [-0.25, -0.2) is 4.68 Å². The van der Waals surface area contributed by atoms with Crippen LogP contribution in [0.15, 0.2) is 74.3 Å². The van der Waals surface area contributed by atoms with E-state index in [1.807, 2.05) is 22.9 Å². The number of unbranched alkanes of at least 4 members (excludes halogenated alkanes) is 4. The number of thiophene rings is 4. The Bertz CT molecular complexity index is 5820. The number of rotatable bonds is 25. The Balaban J connectivity index is 0.000000112. The molecular formula is C102H120Br2Cl6N12O4S4. The molecule has 26 rings (SSSR count). The van der Waals surface area contributed by atoms with E-state index < -0.39 is 0 Å². The van der Waals surface area contributed by atoms with Gasteiger partial charge in [0.1, 0.15) is 0 Å². The Labute approximate surface area is 828 Å². The molecule has 8 bridgehead atoms. The van der Waals surface area contributed by atoms with Crippen LogP contribution in [0.3, 0.4) is 0 Å². The van der Waals surface area contributed by atoms with Gasteiger partial charge < -0.3 is 21.3 Å². The first-order valence-corrected chi connectivity index (χ1v) is 55.1. The first kappa shape index (κ1) is 93.7. The second kappa shape index (κ2) is 37.9. The van der Waals surface area contributed by atoms with Gasteiger partial charge in [0.05, 0.1) is 66.0 Å². The number of halogens is 8. The monoisotopic (exact) mass is 2070 g/mol. The summed E-state index contributed by atoms with van der Waals surface area (Å²) in [7, 11) is 0. The Morgan fingerprint density at radius 3 is 1.31 bits per heavy atom. The second-order valence-corrected chi connectivity index (χ2v) is 51.9. The van der Waals surface area contributed by atoms with Crippen molar-refractivity contribution in [1.82, 2.24) is 60.4 Å². The van der Waals surface area contributed by atoms with Gasteiger partial charge >= 0.3 is 0 Å². The van der Waals surface area contributed by atoms with Crippen molar-refractivity contribution in [2.45, 2.75) is 236 Å². The van der Waals surface area contributed by atoms with Gasteiger partial charge in [0.2, 0.25) is 0 Å². The van der Waals surface area contributed by atoms with Crippen LogP contribution < -0.4 is 21.3 Å². The Kier molecular flexibility index (Phi) is 27.3. The van der Waals surface area contributed by atoms with E-state index in [0.717, 1.165) is 223 Å². The number of hydrogen-bond acceptors (Lipinski definition) is 12.